The van der Waals surface area contributed by atoms with Crippen LogP contribution in [0.1, 0.15) is 38.3 Å². The van der Waals surface area contributed by atoms with Gasteiger partial charge in [0.15, 0.2) is 0 Å². The number of carbonyl (C=O) groups is 3. The van der Waals surface area contributed by atoms with Crippen LogP contribution in [0, 0.1) is 6.92 Å². The van der Waals surface area contributed by atoms with Crippen LogP contribution in [0.15, 0.2) is 59.5 Å². The van der Waals surface area contributed by atoms with E-state index in [1.807, 2.05) is 0 Å². The summed E-state index contributed by atoms with van der Waals surface area (Å²) in [6.07, 6.45) is 0.762. The highest BCUT2D eigenvalue weighted by Crippen LogP contribution is 2.34. The molecule has 0 saturated carbocycles. The summed E-state index contributed by atoms with van der Waals surface area (Å²) in [5.41, 5.74) is 3.03. The van der Waals surface area contributed by atoms with Crippen molar-refractivity contribution in [3.63, 3.8) is 0 Å². The van der Waals surface area contributed by atoms with Gasteiger partial charge in [-0.25, -0.2) is 13.3 Å². The van der Waals surface area contributed by atoms with Crippen molar-refractivity contribution >= 4 is 56.4 Å². The largest absolute Gasteiger partial charge is 0.326 e. The number of sulfonamides is 1. The third-order valence-electron chi connectivity index (χ3n) is 5.82. The standard InChI is InChI=1S/C24H18ClN3O5S/c1-13-10-16(27-34(32,33)17-5-7-20-14(11-17)2-9-22(29)26-20)4-8-21(13)28-23(30)18-6-3-15(25)12-19(18)24(28)31/h3-8,10-12,27H,2,9H2,1H3,(H,26,29). The maximum atomic E-state index is 13.0. The topological polar surface area (TPSA) is 113 Å². The van der Waals surface area contributed by atoms with E-state index in [4.69, 9.17) is 11.6 Å². The van der Waals surface area contributed by atoms with Gasteiger partial charge in [0.1, 0.15) is 0 Å². The highest BCUT2D eigenvalue weighted by Gasteiger charge is 2.37. The molecular weight excluding hydrogens is 478 g/mol. The first kappa shape index (κ1) is 22.1. The van der Waals surface area contributed by atoms with Gasteiger partial charge in [-0.2, -0.15) is 0 Å². The van der Waals surface area contributed by atoms with E-state index in [-0.39, 0.29) is 27.6 Å². The van der Waals surface area contributed by atoms with Gasteiger partial charge in [-0.15, -0.1) is 0 Å². The van der Waals surface area contributed by atoms with Crippen LogP contribution in [-0.4, -0.2) is 26.1 Å². The van der Waals surface area contributed by atoms with Crippen molar-refractivity contribution in [3.8, 4) is 0 Å². The fourth-order valence-electron chi connectivity index (χ4n) is 4.14. The first-order valence-corrected chi connectivity index (χ1v) is 12.2. The Hall–Kier alpha value is -3.69. The third-order valence-corrected chi connectivity index (χ3v) is 7.44. The Morgan fingerprint density at radius 3 is 2.44 bits per heavy atom. The summed E-state index contributed by atoms with van der Waals surface area (Å²) < 4.78 is 28.5. The van der Waals surface area contributed by atoms with Gasteiger partial charge < -0.3 is 5.32 Å². The minimum absolute atomic E-state index is 0.0707. The lowest BCUT2D eigenvalue weighted by Gasteiger charge is -2.19. The summed E-state index contributed by atoms with van der Waals surface area (Å²) in [4.78, 5) is 38.4. The van der Waals surface area contributed by atoms with Crippen molar-refractivity contribution in [2.24, 2.45) is 0 Å². The summed E-state index contributed by atoms with van der Waals surface area (Å²) in [5, 5.41) is 3.08. The summed E-state index contributed by atoms with van der Waals surface area (Å²) in [6, 6.07) is 13.6. The minimum Gasteiger partial charge on any atom is -0.326 e. The molecule has 5 rings (SSSR count). The molecule has 0 bridgehead atoms. The molecule has 0 saturated heterocycles. The van der Waals surface area contributed by atoms with E-state index in [1.54, 1.807) is 31.2 Å². The molecule has 0 spiro atoms. The predicted molar refractivity (Wildman–Crippen MR) is 128 cm³/mol. The molecule has 3 amide bonds. The Labute approximate surface area is 200 Å². The minimum atomic E-state index is -3.90. The fourth-order valence-corrected chi connectivity index (χ4v) is 5.41. The zero-order chi connectivity index (χ0) is 24.2. The number of hydrogen-bond acceptors (Lipinski definition) is 5. The molecule has 2 N–H and O–H groups in total. The van der Waals surface area contributed by atoms with E-state index in [9.17, 15) is 22.8 Å². The van der Waals surface area contributed by atoms with Crippen LogP contribution in [-0.2, 0) is 21.2 Å². The maximum Gasteiger partial charge on any atom is 0.266 e. The molecule has 0 radical (unpaired) electrons. The second-order valence-corrected chi connectivity index (χ2v) is 10.2. The highest BCUT2D eigenvalue weighted by atomic mass is 35.5. The maximum absolute atomic E-state index is 13.0. The summed E-state index contributed by atoms with van der Waals surface area (Å²) in [6.45, 7) is 1.69. The number of imide groups is 1. The number of aryl methyl sites for hydroxylation is 2. The quantitative estimate of drug-likeness (QED) is 0.528. The lowest BCUT2D eigenvalue weighted by atomic mass is 10.0. The van der Waals surface area contributed by atoms with Crippen molar-refractivity contribution in [1.29, 1.82) is 0 Å². The monoisotopic (exact) mass is 495 g/mol. The van der Waals surface area contributed by atoms with E-state index >= 15 is 0 Å². The van der Waals surface area contributed by atoms with E-state index in [0.29, 0.717) is 34.8 Å². The Morgan fingerprint density at radius 1 is 0.912 bits per heavy atom. The molecule has 3 aromatic rings. The molecule has 0 fully saturated rings. The number of nitrogens with one attached hydrogen (secondary N) is 2. The zero-order valence-corrected chi connectivity index (χ0v) is 19.5. The number of nitrogens with zero attached hydrogens (tertiary/aromatic N) is 1. The van der Waals surface area contributed by atoms with Gasteiger partial charge in [-0.1, -0.05) is 11.6 Å². The van der Waals surface area contributed by atoms with Crippen LogP contribution in [0.3, 0.4) is 0 Å². The van der Waals surface area contributed by atoms with E-state index < -0.39 is 21.8 Å². The first-order valence-electron chi connectivity index (χ1n) is 10.4. The molecule has 3 aromatic carbocycles. The smallest absolute Gasteiger partial charge is 0.266 e. The third kappa shape index (κ3) is 3.72. The molecule has 2 heterocycles. The second-order valence-electron chi connectivity index (χ2n) is 8.11. The molecule has 0 unspecified atom stereocenters. The van der Waals surface area contributed by atoms with Gasteiger partial charge in [-0.3, -0.25) is 19.1 Å². The molecule has 8 nitrogen and oxygen atoms in total. The first-order chi connectivity index (χ1) is 16.1. The van der Waals surface area contributed by atoms with Gasteiger partial charge in [0, 0.05) is 22.8 Å². The number of benzene rings is 3. The van der Waals surface area contributed by atoms with Gasteiger partial charge in [0.25, 0.3) is 21.8 Å². The van der Waals surface area contributed by atoms with Crippen molar-refractivity contribution < 1.29 is 22.8 Å². The molecule has 0 aliphatic carbocycles. The predicted octanol–water partition coefficient (Wildman–Crippen LogP) is 4.13. The Morgan fingerprint density at radius 2 is 1.68 bits per heavy atom. The molecule has 0 atom stereocenters. The molecule has 172 valence electrons. The van der Waals surface area contributed by atoms with Crippen LogP contribution in [0.5, 0.6) is 0 Å². The van der Waals surface area contributed by atoms with Gasteiger partial charge >= 0.3 is 0 Å². The molecular formula is C24H18ClN3O5S. The average Bonchev–Trinajstić information content (AvgIpc) is 3.02. The van der Waals surface area contributed by atoms with Gasteiger partial charge in [0.2, 0.25) is 5.91 Å². The van der Waals surface area contributed by atoms with Crippen LogP contribution in [0.2, 0.25) is 5.02 Å². The van der Waals surface area contributed by atoms with Gasteiger partial charge in [0.05, 0.1) is 21.7 Å². The second kappa shape index (κ2) is 7.96. The molecule has 2 aliphatic rings. The number of anilines is 3. The summed E-state index contributed by atoms with van der Waals surface area (Å²) in [7, 11) is -3.90. The number of hydrogen-bond donors (Lipinski definition) is 2. The Kier molecular flexibility index (Phi) is 5.18. The lowest BCUT2D eigenvalue weighted by molar-refractivity contribution is -0.116. The van der Waals surface area contributed by atoms with E-state index in [1.165, 1.54) is 30.3 Å². The number of halogens is 1. The number of carbonyl (C=O) groups excluding carboxylic acids is 3. The normalized spacial score (nSPS) is 15.1. The number of amides is 3. The van der Waals surface area contributed by atoms with E-state index in [0.717, 1.165) is 10.5 Å². The van der Waals surface area contributed by atoms with Crippen LogP contribution < -0.4 is 14.9 Å². The highest BCUT2D eigenvalue weighted by molar-refractivity contribution is 7.92. The number of rotatable bonds is 4. The Bertz CT molecular complexity index is 1520. The van der Waals surface area contributed by atoms with Crippen molar-refractivity contribution in [2.45, 2.75) is 24.7 Å². The van der Waals surface area contributed by atoms with E-state index in [2.05, 4.69) is 10.0 Å². The van der Waals surface area contributed by atoms with Crippen LogP contribution >= 0.6 is 11.6 Å². The molecule has 2 aliphatic heterocycles. The van der Waals surface area contributed by atoms with Crippen molar-refractivity contribution in [1.82, 2.24) is 0 Å². The van der Waals surface area contributed by atoms with Crippen LogP contribution in [0.4, 0.5) is 17.1 Å². The van der Waals surface area contributed by atoms with Crippen molar-refractivity contribution in [3.05, 3.63) is 81.9 Å². The summed E-state index contributed by atoms with van der Waals surface area (Å²) >= 11 is 5.97. The average molecular weight is 496 g/mol. The Balaban J connectivity index is 1.41. The van der Waals surface area contributed by atoms with Crippen molar-refractivity contribution in [2.75, 3.05) is 14.9 Å². The number of fused-ring (bicyclic) bond motifs is 2. The fraction of sp³-hybridized carbons (Fsp3) is 0.125. The van der Waals surface area contributed by atoms with Crippen LogP contribution in [0.25, 0.3) is 0 Å². The molecule has 34 heavy (non-hydrogen) atoms. The van der Waals surface area contributed by atoms with Gasteiger partial charge in [-0.05, 0) is 79.1 Å². The summed E-state index contributed by atoms with van der Waals surface area (Å²) in [5.74, 6) is -1.05. The molecule has 0 aromatic heterocycles. The lowest BCUT2D eigenvalue weighted by Crippen LogP contribution is -2.30. The zero-order valence-electron chi connectivity index (χ0n) is 17.9. The SMILES string of the molecule is Cc1cc(NS(=O)(=O)c2ccc3c(c2)CCC(=O)N3)ccc1N1C(=O)c2ccc(Cl)cc2C1=O. The molecule has 10 heteroatoms.